The van der Waals surface area contributed by atoms with Crippen LogP contribution in [0.3, 0.4) is 0 Å². The molecule has 1 atom stereocenters. The summed E-state index contributed by atoms with van der Waals surface area (Å²) in [5.74, 6) is 0. The Hall–Kier alpha value is -1.32. The summed E-state index contributed by atoms with van der Waals surface area (Å²) >= 11 is 4.51. The van der Waals surface area contributed by atoms with E-state index in [1.165, 1.54) is 22.3 Å². The van der Waals surface area contributed by atoms with Crippen molar-refractivity contribution in [1.29, 1.82) is 0 Å². The molecule has 0 aliphatic carbocycles. The molecular formula is C15H16N2S. The zero-order chi connectivity index (χ0) is 12.5. The Morgan fingerprint density at radius 3 is 2.72 bits per heavy atom. The molecule has 3 heteroatoms. The average molecular weight is 256 g/mol. The van der Waals surface area contributed by atoms with Gasteiger partial charge in [-0.3, -0.25) is 9.88 Å². The van der Waals surface area contributed by atoms with Crippen molar-refractivity contribution in [2.24, 2.45) is 0 Å². The number of aromatic nitrogens is 1. The number of hydrogen-bond donors (Lipinski definition) is 1. The molecule has 1 aromatic heterocycles. The van der Waals surface area contributed by atoms with E-state index < -0.39 is 0 Å². The van der Waals surface area contributed by atoms with Gasteiger partial charge in [-0.15, -0.1) is 0 Å². The summed E-state index contributed by atoms with van der Waals surface area (Å²) in [7, 11) is 0. The molecular weight excluding hydrogens is 240 g/mol. The number of rotatable bonds is 2. The van der Waals surface area contributed by atoms with E-state index in [0.29, 0.717) is 5.37 Å². The van der Waals surface area contributed by atoms with Gasteiger partial charge in [0, 0.05) is 25.5 Å². The normalized spacial score (nSPS) is 16.6. The van der Waals surface area contributed by atoms with Gasteiger partial charge in [0.1, 0.15) is 0 Å². The van der Waals surface area contributed by atoms with Crippen molar-refractivity contribution >= 4 is 12.6 Å². The van der Waals surface area contributed by atoms with E-state index in [1.807, 2.05) is 12.3 Å². The van der Waals surface area contributed by atoms with Gasteiger partial charge in [0.2, 0.25) is 0 Å². The number of hydrogen-bond acceptors (Lipinski definition) is 3. The first-order chi connectivity index (χ1) is 8.74. The predicted molar refractivity (Wildman–Crippen MR) is 77.4 cm³/mol. The summed E-state index contributed by atoms with van der Waals surface area (Å²) in [5, 5.41) is 0.305. The predicted octanol–water partition coefficient (Wildman–Crippen LogP) is 3.34. The van der Waals surface area contributed by atoms with Crippen LogP contribution >= 0.6 is 12.6 Å². The molecule has 0 spiro atoms. The molecule has 0 amide bonds. The Morgan fingerprint density at radius 2 is 2.00 bits per heavy atom. The molecule has 0 radical (unpaired) electrons. The van der Waals surface area contributed by atoms with Crippen LogP contribution in [0.15, 0.2) is 42.7 Å². The van der Waals surface area contributed by atoms with Gasteiger partial charge >= 0.3 is 0 Å². The maximum absolute atomic E-state index is 4.51. The average Bonchev–Trinajstić information content (AvgIpc) is 2.82. The van der Waals surface area contributed by atoms with Crippen molar-refractivity contribution < 1.29 is 0 Å². The van der Waals surface area contributed by atoms with E-state index >= 15 is 0 Å². The van der Waals surface area contributed by atoms with Crippen molar-refractivity contribution in [2.45, 2.75) is 25.4 Å². The molecule has 1 unspecified atom stereocenters. The standard InChI is InChI=1S/C15H16N2S/c1-11(18)17-9-14-5-4-12(7-15(14)10-17)13-3-2-6-16-8-13/h2-8,11,18H,9-10H2,1H3. The molecule has 1 aliphatic heterocycles. The van der Waals surface area contributed by atoms with Crippen LogP contribution in [0.1, 0.15) is 18.1 Å². The fourth-order valence-corrected chi connectivity index (χ4v) is 2.56. The maximum atomic E-state index is 4.51. The number of nitrogens with zero attached hydrogens (tertiary/aromatic N) is 2. The van der Waals surface area contributed by atoms with Crippen LogP contribution in [0.2, 0.25) is 0 Å². The smallest absolute Gasteiger partial charge is 0.0506 e. The van der Waals surface area contributed by atoms with Crippen molar-refractivity contribution in [3.05, 3.63) is 53.9 Å². The lowest BCUT2D eigenvalue weighted by Gasteiger charge is -2.18. The molecule has 0 saturated heterocycles. The minimum Gasteiger partial charge on any atom is -0.283 e. The zero-order valence-corrected chi connectivity index (χ0v) is 11.3. The van der Waals surface area contributed by atoms with Crippen molar-refractivity contribution in [2.75, 3.05) is 0 Å². The second-order valence-corrected chi connectivity index (χ2v) is 5.51. The summed E-state index contributed by atoms with van der Waals surface area (Å²) in [6.45, 7) is 4.12. The lowest BCUT2D eigenvalue weighted by Crippen LogP contribution is -2.22. The van der Waals surface area contributed by atoms with E-state index in [1.54, 1.807) is 6.20 Å². The Kier molecular flexibility index (Phi) is 3.10. The van der Waals surface area contributed by atoms with Gasteiger partial charge in [-0.25, -0.2) is 0 Å². The summed E-state index contributed by atoms with van der Waals surface area (Å²) in [6, 6.07) is 10.8. The molecule has 2 nitrogen and oxygen atoms in total. The van der Waals surface area contributed by atoms with Gasteiger partial charge in [0.25, 0.3) is 0 Å². The summed E-state index contributed by atoms with van der Waals surface area (Å²) in [6.07, 6.45) is 3.72. The summed E-state index contributed by atoms with van der Waals surface area (Å²) < 4.78 is 0. The van der Waals surface area contributed by atoms with Crippen LogP contribution in [0, 0.1) is 0 Å². The first-order valence-corrected chi connectivity index (χ1v) is 6.70. The number of benzene rings is 1. The van der Waals surface area contributed by atoms with Gasteiger partial charge < -0.3 is 0 Å². The quantitative estimate of drug-likeness (QED) is 0.830. The second-order valence-electron chi connectivity index (χ2n) is 4.76. The van der Waals surface area contributed by atoms with Crippen LogP contribution in [0.25, 0.3) is 11.1 Å². The van der Waals surface area contributed by atoms with Gasteiger partial charge in [-0.1, -0.05) is 18.2 Å². The van der Waals surface area contributed by atoms with Crippen LogP contribution < -0.4 is 0 Å². The number of pyridine rings is 1. The first kappa shape index (κ1) is 11.8. The Labute approximate surface area is 113 Å². The van der Waals surface area contributed by atoms with Crippen LogP contribution in [0.4, 0.5) is 0 Å². The molecule has 3 rings (SSSR count). The van der Waals surface area contributed by atoms with Gasteiger partial charge in [-0.2, -0.15) is 12.6 Å². The fraction of sp³-hybridized carbons (Fsp3) is 0.267. The van der Waals surface area contributed by atoms with Crippen LogP contribution in [0.5, 0.6) is 0 Å². The molecule has 0 saturated carbocycles. The highest BCUT2D eigenvalue weighted by atomic mass is 32.1. The molecule has 92 valence electrons. The summed E-state index contributed by atoms with van der Waals surface area (Å²) in [4.78, 5) is 6.54. The van der Waals surface area contributed by atoms with E-state index in [0.717, 1.165) is 13.1 Å². The van der Waals surface area contributed by atoms with Crippen molar-refractivity contribution in [3.63, 3.8) is 0 Å². The van der Waals surface area contributed by atoms with E-state index in [-0.39, 0.29) is 0 Å². The first-order valence-electron chi connectivity index (χ1n) is 6.18. The Bertz CT molecular complexity index is 552. The summed E-state index contributed by atoms with van der Waals surface area (Å²) in [5.41, 5.74) is 5.26. The molecule has 0 bridgehead atoms. The fourth-order valence-electron chi connectivity index (χ4n) is 2.40. The SMILES string of the molecule is CC(S)N1Cc2ccc(-c3cccnc3)cc2C1. The molecule has 18 heavy (non-hydrogen) atoms. The molecule has 1 aliphatic rings. The lowest BCUT2D eigenvalue weighted by atomic mass is 10.0. The second kappa shape index (κ2) is 4.75. The number of fused-ring (bicyclic) bond motifs is 1. The molecule has 2 heterocycles. The molecule has 0 N–H and O–H groups in total. The minimum atomic E-state index is 0.305. The Morgan fingerprint density at radius 1 is 1.17 bits per heavy atom. The maximum Gasteiger partial charge on any atom is 0.0506 e. The van der Waals surface area contributed by atoms with Gasteiger partial charge in [0.05, 0.1) is 5.37 Å². The van der Waals surface area contributed by atoms with Crippen molar-refractivity contribution in [1.82, 2.24) is 9.88 Å². The van der Waals surface area contributed by atoms with Crippen molar-refractivity contribution in [3.8, 4) is 11.1 Å². The highest BCUT2D eigenvalue weighted by Crippen LogP contribution is 2.29. The molecule has 1 aromatic carbocycles. The minimum absolute atomic E-state index is 0.305. The van der Waals surface area contributed by atoms with Crippen LogP contribution in [-0.2, 0) is 13.1 Å². The van der Waals surface area contributed by atoms with Gasteiger partial charge in [-0.05, 0) is 41.3 Å². The third-order valence-corrected chi connectivity index (χ3v) is 3.80. The molecule has 0 fully saturated rings. The van der Waals surface area contributed by atoms with E-state index in [2.05, 4.69) is 53.7 Å². The highest BCUT2D eigenvalue weighted by Gasteiger charge is 2.21. The molecule has 2 aromatic rings. The van der Waals surface area contributed by atoms with Crippen LogP contribution in [-0.4, -0.2) is 15.3 Å². The van der Waals surface area contributed by atoms with E-state index in [4.69, 9.17) is 0 Å². The highest BCUT2D eigenvalue weighted by molar-refractivity contribution is 7.80. The topological polar surface area (TPSA) is 16.1 Å². The third kappa shape index (κ3) is 2.16. The largest absolute Gasteiger partial charge is 0.283 e. The third-order valence-electron chi connectivity index (χ3n) is 3.48. The van der Waals surface area contributed by atoms with E-state index in [9.17, 15) is 0 Å². The lowest BCUT2D eigenvalue weighted by molar-refractivity contribution is 0.278. The number of thiol groups is 1. The zero-order valence-electron chi connectivity index (χ0n) is 10.4. The monoisotopic (exact) mass is 256 g/mol. The van der Waals surface area contributed by atoms with Gasteiger partial charge in [0.15, 0.2) is 0 Å². The Balaban J connectivity index is 1.93.